The standard InChI is InChI=1S/C14H22N4O2/c1-3-8-15-14(19)18-9-4-5-12(10-18)20-13-7-6-11(2)16-17-13/h6-7,12H,3-5,8-10H2,1-2H3,(H,15,19). The number of aryl methyl sites for hydroxylation is 1. The summed E-state index contributed by atoms with van der Waals surface area (Å²) in [6.07, 6.45) is 2.82. The summed E-state index contributed by atoms with van der Waals surface area (Å²) in [5.74, 6) is 0.524. The molecule has 6 heteroatoms. The number of nitrogens with zero attached hydrogens (tertiary/aromatic N) is 3. The molecule has 1 aliphatic heterocycles. The zero-order valence-electron chi connectivity index (χ0n) is 12.1. The number of carbonyl (C=O) groups excluding carboxylic acids is 1. The molecule has 1 saturated heterocycles. The van der Waals surface area contributed by atoms with Crippen LogP contribution in [0, 0.1) is 6.92 Å². The van der Waals surface area contributed by atoms with Crippen LogP contribution < -0.4 is 10.1 Å². The van der Waals surface area contributed by atoms with Crippen LogP contribution >= 0.6 is 0 Å². The van der Waals surface area contributed by atoms with Gasteiger partial charge in [-0.2, -0.15) is 5.10 Å². The fourth-order valence-corrected chi connectivity index (χ4v) is 2.18. The molecule has 1 unspecified atom stereocenters. The van der Waals surface area contributed by atoms with Crippen LogP contribution in [0.5, 0.6) is 5.88 Å². The van der Waals surface area contributed by atoms with Gasteiger partial charge in [0.2, 0.25) is 5.88 Å². The van der Waals surface area contributed by atoms with Crippen molar-refractivity contribution in [2.75, 3.05) is 19.6 Å². The number of carbonyl (C=O) groups is 1. The van der Waals surface area contributed by atoms with E-state index in [1.807, 2.05) is 30.9 Å². The van der Waals surface area contributed by atoms with Crippen molar-refractivity contribution in [3.63, 3.8) is 0 Å². The van der Waals surface area contributed by atoms with Crippen molar-refractivity contribution in [2.24, 2.45) is 0 Å². The second-order valence-corrected chi connectivity index (χ2v) is 5.07. The van der Waals surface area contributed by atoms with Gasteiger partial charge in [0.25, 0.3) is 0 Å². The fourth-order valence-electron chi connectivity index (χ4n) is 2.18. The summed E-state index contributed by atoms with van der Waals surface area (Å²) in [4.78, 5) is 13.7. The Balaban J connectivity index is 1.86. The van der Waals surface area contributed by atoms with Gasteiger partial charge >= 0.3 is 6.03 Å². The number of likely N-dealkylation sites (tertiary alicyclic amines) is 1. The highest BCUT2D eigenvalue weighted by molar-refractivity contribution is 5.74. The van der Waals surface area contributed by atoms with E-state index in [9.17, 15) is 4.79 Å². The molecule has 2 amide bonds. The summed E-state index contributed by atoms with van der Waals surface area (Å²) in [6.45, 7) is 6.03. The Morgan fingerprint density at radius 3 is 3.05 bits per heavy atom. The number of amides is 2. The van der Waals surface area contributed by atoms with Gasteiger partial charge in [-0.05, 0) is 32.3 Å². The number of ether oxygens (including phenoxy) is 1. The highest BCUT2D eigenvalue weighted by Crippen LogP contribution is 2.16. The van der Waals surface area contributed by atoms with E-state index in [2.05, 4.69) is 15.5 Å². The van der Waals surface area contributed by atoms with Gasteiger partial charge in [0.15, 0.2) is 0 Å². The van der Waals surface area contributed by atoms with E-state index in [1.54, 1.807) is 0 Å². The Morgan fingerprint density at radius 1 is 1.50 bits per heavy atom. The average Bonchev–Trinajstić information content (AvgIpc) is 2.47. The van der Waals surface area contributed by atoms with E-state index in [-0.39, 0.29) is 12.1 Å². The Hall–Kier alpha value is -1.85. The summed E-state index contributed by atoms with van der Waals surface area (Å²) in [6, 6.07) is 3.69. The van der Waals surface area contributed by atoms with Crippen LogP contribution in [0.15, 0.2) is 12.1 Å². The summed E-state index contributed by atoms with van der Waals surface area (Å²) < 4.78 is 5.80. The summed E-state index contributed by atoms with van der Waals surface area (Å²) in [5.41, 5.74) is 0.863. The molecule has 6 nitrogen and oxygen atoms in total. The minimum Gasteiger partial charge on any atom is -0.471 e. The maximum atomic E-state index is 11.9. The Labute approximate surface area is 119 Å². The number of piperidine rings is 1. The molecule has 0 spiro atoms. The van der Waals surface area contributed by atoms with Crippen LogP contribution in [0.1, 0.15) is 31.9 Å². The highest BCUT2D eigenvalue weighted by Gasteiger charge is 2.24. The van der Waals surface area contributed by atoms with Crippen molar-refractivity contribution in [3.8, 4) is 5.88 Å². The predicted octanol–water partition coefficient (Wildman–Crippen LogP) is 1.75. The molecule has 0 saturated carbocycles. The lowest BCUT2D eigenvalue weighted by molar-refractivity contribution is 0.0970. The lowest BCUT2D eigenvalue weighted by Gasteiger charge is -2.32. The van der Waals surface area contributed by atoms with Gasteiger partial charge in [0.05, 0.1) is 12.2 Å². The lowest BCUT2D eigenvalue weighted by atomic mass is 10.1. The number of aromatic nitrogens is 2. The maximum Gasteiger partial charge on any atom is 0.317 e. The van der Waals surface area contributed by atoms with Gasteiger partial charge in [-0.15, -0.1) is 5.10 Å². The first-order valence-corrected chi connectivity index (χ1v) is 7.19. The minimum atomic E-state index is -0.00636. The highest BCUT2D eigenvalue weighted by atomic mass is 16.5. The molecule has 0 aromatic carbocycles. The van der Waals surface area contributed by atoms with Crippen molar-refractivity contribution < 1.29 is 9.53 Å². The fraction of sp³-hybridized carbons (Fsp3) is 0.643. The second kappa shape index (κ2) is 7.07. The van der Waals surface area contributed by atoms with Crippen LogP contribution in [0.2, 0.25) is 0 Å². The zero-order chi connectivity index (χ0) is 14.4. The molecule has 0 aliphatic carbocycles. The van der Waals surface area contributed by atoms with Crippen molar-refractivity contribution in [1.82, 2.24) is 20.4 Å². The molecule has 20 heavy (non-hydrogen) atoms. The van der Waals surface area contributed by atoms with Crippen LogP contribution in [0.3, 0.4) is 0 Å². The molecule has 1 aliphatic rings. The molecule has 0 bridgehead atoms. The predicted molar refractivity (Wildman–Crippen MR) is 75.7 cm³/mol. The van der Waals surface area contributed by atoms with Gasteiger partial charge in [-0.25, -0.2) is 4.79 Å². The van der Waals surface area contributed by atoms with Crippen LogP contribution in [0.4, 0.5) is 4.79 Å². The van der Waals surface area contributed by atoms with Crippen molar-refractivity contribution in [1.29, 1.82) is 0 Å². The van der Waals surface area contributed by atoms with Gasteiger partial charge in [-0.1, -0.05) is 6.92 Å². The SMILES string of the molecule is CCCNC(=O)N1CCCC(Oc2ccc(C)nn2)C1. The largest absolute Gasteiger partial charge is 0.471 e. The molecule has 0 radical (unpaired) electrons. The molecule has 1 aromatic heterocycles. The van der Waals surface area contributed by atoms with E-state index >= 15 is 0 Å². The number of hydrogen-bond donors (Lipinski definition) is 1. The average molecular weight is 278 g/mol. The summed E-state index contributed by atoms with van der Waals surface area (Å²) in [5, 5.41) is 10.9. The lowest BCUT2D eigenvalue weighted by Crippen LogP contribution is -2.48. The van der Waals surface area contributed by atoms with Gasteiger partial charge < -0.3 is 15.0 Å². The first kappa shape index (κ1) is 14.6. The molecule has 110 valence electrons. The number of nitrogens with one attached hydrogen (secondary N) is 1. The van der Waals surface area contributed by atoms with Crippen LogP contribution in [0.25, 0.3) is 0 Å². The monoisotopic (exact) mass is 278 g/mol. The maximum absolute atomic E-state index is 11.9. The molecular formula is C14H22N4O2. The van der Waals surface area contributed by atoms with Crippen molar-refractivity contribution >= 4 is 6.03 Å². The number of urea groups is 1. The summed E-state index contributed by atoms with van der Waals surface area (Å²) >= 11 is 0. The van der Waals surface area contributed by atoms with Crippen LogP contribution in [-0.4, -0.2) is 46.9 Å². The first-order valence-electron chi connectivity index (χ1n) is 7.19. The topological polar surface area (TPSA) is 67.4 Å². The van der Waals surface area contributed by atoms with Gasteiger partial charge in [0.1, 0.15) is 6.10 Å². The smallest absolute Gasteiger partial charge is 0.317 e. The molecule has 1 N–H and O–H groups in total. The molecule has 1 atom stereocenters. The van der Waals surface area contributed by atoms with Gasteiger partial charge in [-0.3, -0.25) is 0 Å². The van der Waals surface area contributed by atoms with Gasteiger partial charge in [0, 0.05) is 19.2 Å². The Bertz CT molecular complexity index is 435. The quantitative estimate of drug-likeness (QED) is 0.911. The third-order valence-electron chi connectivity index (χ3n) is 3.25. The van der Waals surface area contributed by atoms with Crippen LogP contribution in [-0.2, 0) is 0 Å². The van der Waals surface area contributed by atoms with E-state index in [4.69, 9.17) is 4.74 Å². The minimum absolute atomic E-state index is 0.00450. The third-order valence-corrected chi connectivity index (χ3v) is 3.25. The molecule has 2 rings (SSSR count). The Morgan fingerprint density at radius 2 is 2.35 bits per heavy atom. The zero-order valence-corrected chi connectivity index (χ0v) is 12.1. The van der Waals surface area contributed by atoms with E-state index in [0.29, 0.717) is 19.0 Å². The van der Waals surface area contributed by atoms with Crippen molar-refractivity contribution in [2.45, 2.75) is 39.2 Å². The van der Waals surface area contributed by atoms with E-state index in [1.165, 1.54) is 0 Å². The van der Waals surface area contributed by atoms with E-state index in [0.717, 1.165) is 31.5 Å². The molecule has 2 heterocycles. The molecule has 1 fully saturated rings. The third kappa shape index (κ3) is 4.08. The molecule has 1 aromatic rings. The van der Waals surface area contributed by atoms with Crippen molar-refractivity contribution in [3.05, 3.63) is 17.8 Å². The Kier molecular flexibility index (Phi) is 5.15. The number of hydrogen-bond acceptors (Lipinski definition) is 4. The molecular weight excluding hydrogens is 256 g/mol. The second-order valence-electron chi connectivity index (χ2n) is 5.07. The summed E-state index contributed by atoms with van der Waals surface area (Å²) in [7, 11) is 0. The first-order chi connectivity index (χ1) is 9.69. The number of rotatable bonds is 4. The normalized spacial score (nSPS) is 18.7. The van der Waals surface area contributed by atoms with E-state index < -0.39 is 0 Å².